The van der Waals surface area contributed by atoms with Gasteiger partial charge in [0.25, 0.3) is 0 Å². The molecular formula is C13H25N3O2. The number of hydrogen-bond acceptors (Lipinski definition) is 4. The highest BCUT2D eigenvalue weighted by Crippen LogP contribution is 2.21. The minimum absolute atomic E-state index is 0.156. The molecule has 0 aromatic heterocycles. The first-order valence-electron chi connectivity index (χ1n) is 6.95. The summed E-state index contributed by atoms with van der Waals surface area (Å²) in [6, 6.07) is 0. The summed E-state index contributed by atoms with van der Waals surface area (Å²) in [5.41, 5.74) is -0.459. The van der Waals surface area contributed by atoms with Crippen molar-refractivity contribution in [1.82, 2.24) is 15.1 Å². The molecule has 0 radical (unpaired) electrons. The lowest BCUT2D eigenvalue weighted by Crippen LogP contribution is -2.61. The van der Waals surface area contributed by atoms with Gasteiger partial charge in [-0.15, -0.1) is 0 Å². The van der Waals surface area contributed by atoms with Gasteiger partial charge in [0.15, 0.2) is 0 Å². The minimum Gasteiger partial charge on any atom is -0.391 e. The average molecular weight is 255 g/mol. The van der Waals surface area contributed by atoms with Gasteiger partial charge in [-0.1, -0.05) is 0 Å². The molecule has 5 heteroatoms. The molecule has 2 N–H and O–H groups in total. The van der Waals surface area contributed by atoms with Crippen molar-refractivity contribution in [3.63, 3.8) is 0 Å². The standard InChI is InChI=1S/C13H25N3O2/c1-13(2,16-8-5-14-6-9-16)12(18)15-7-3-4-11(17)10-15/h11,14,17H,3-10H2,1-2H3. The molecule has 104 valence electrons. The maximum atomic E-state index is 12.6. The van der Waals surface area contributed by atoms with E-state index in [-0.39, 0.29) is 12.0 Å². The molecule has 0 bridgehead atoms. The summed E-state index contributed by atoms with van der Waals surface area (Å²) in [4.78, 5) is 16.7. The van der Waals surface area contributed by atoms with Gasteiger partial charge in [0.1, 0.15) is 0 Å². The second-order valence-corrected chi connectivity index (χ2v) is 5.84. The molecule has 0 saturated carbocycles. The van der Waals surface area contributed by atoms with E-state index in [1.165, 1.54) is 0 Å². The van der Waals surface area contributed by atoms with Crippen LogP contribution in [0.5, 0.6) is 0 Å². The van der Waals surface area contributed by atoms with Crippen molar-refractivity contribution in [2.24, 2.45) is 0 Å². The van der Waals surface area contributed by atoms with Crippen molar-refractivity contribution in [1.29, 1.82) is 0 Å². The monoisotopic (exact) mass is 255 g/mol. The van der Waals surface area contributed by atoms with E-state index in [1.54, 1.807) is 0 Å². The molecule has 0 spiro atoms. The lowest BCUT2D eigenvalue weighted by molar-refractivity contribution is -0.146. The number of hydrogen-bond donors (Lipinski definition) is 2. The van der Waals surface area contributed by atoms with Crippen molar-refractivity contribution in [2.75, 3.05) is 39.3 Å². The summed E-state index contributed by atoms with van der Waals surface area (Å²) >= 11 is 0. The third kappa shape index (κ3) is 2.84. The maximum Gasteiger partial charge on any atom is 0.242 e. The largest absolute Gasteiger partial charge is 0.391 e. The van der Waals surface area contributed by atoms with Crippen LogP contribution in [0.25, 0.3) is 0 Å². The van der Waals surface area contributed by atoms with Gasteiger partial charge in [-0.25, -0.2) is 0 Å². The number of piperazine rings is 1. The van der Waals surface area contributed by atoms with Crippen LogP contribution in [0.2, 0.25) is 0 Å². The molecule has 1 atom stereocenters. The maximum absolute atomic E-state index is 12.6. The molecule has 2 aliphatic heterocycles. The summed E-state index contributed by atoms with van der Waals surface area (Å²) in [5, 5.41) is 13.0. The van der Waals surface area contributed by atoms with Crippen LogP contribution in [0, 0.1) is 0 Å². The normalized spacial score (nSPS) is 27.3. The van der Waals surface area contributed by atoms with E-state index < -0.39 is 5.54 Å². The predicted octanol–water partition coefficient (Wildman–Crippen LogP) is -0.346. The fourth-order valence-electron chi connectivity index (χ4n) is 2.89. The van der Waals surface area contributed by atoms with E-state index in [9.17, 15) is 9.90 Å². The predicted molar refractivity (Wildman–Crippen MR) is 70.3 cm³/mol. The number of aliphatic hydroxyl groups excluding tert-OH is 1. The summed E-state index contributed by atoms with van der Waals surface area (Å²) in [7, 11) is 0. The van der Waals surface area contributed by atoms with Crippen LogP contribution in [0.15, 0.2) is 0 Å². The van der Waals surface area contributed by atoms with Crippen molar-refractivity contribution in [3.05, 3.63) is 0 Å². The average Bonchev–Trinajstić information content (AvgIpc) is 2.39. The van der Waals surface area contributed by atoms with E-state index in [0.717, 1.165) is 45.6 Å². The number of carbonyl (C=O) groups excluding carboxylic acids is 1. The SMILES string of the molecule is CC(C)(C(=O)N1CCCC(O)C1)N1CCNCC1. The number of β-amino-alcohol motifs (C(OH)–C–C–N with tert-alkyl or cyclic N) is 1. The lowest BCUT2D eigenvalue weighted by atomic mass is 9.97. The topological polar surface area (TPSA) is 55.8 Å². The molecule has 18 heavy (non-hydrogen) atoms. The molecule has 2 fully saturated rings. The third-order valence-corrected chi connectivity index (χ3v) is 4.11. The first-order valence-corrected chi connectivity index (χ1v) is 6.95. The van der Waals surface area contributed by atoms with Crippen LogP contribution in [0.4, 0.5) is 0 Å². The Hall–Kier alpha value is -0.650. The Morgan fingerprint density at radius 1 is 1.28 bits per heavy atom. The van der Waals surface area contributed by atoms with Crippen molar-refractivity contribution < 1.29 is 9.90 Å². The molecule has 5 nitrogen and oxygen atoms in total. The number of nitrogens with one attached hydrogen (secondary N) is 1. The molecule has 2 aliphatic rings. The zero-order chi connectivity index (χ0) is 13.2. The smallest absolute Gasteiger partial charge is 0.242 e. The summed E-state index contributed by atoms with van der Waals surface area (Å²) in [5.74, 6) is 0.156. The Labute approximate surface area is 109 Å². The van der Waals surface area contributed by atoms with Crippen molar-refractivity contribution in [3.8, 4) is 0 Å². The van der Waals surface area contributed by atoms with Gasteiger partial charge in [0, 0.05) is 39.3 Å². The zero-order valence-electron chi connectivity index (χ0n) is 11.5. The molecule has 2 rings (SSSR count). The lowest BCUT2D eigenvalue weighted by Gasteiger charge is -2.43. The summed E-state index contributed by atoms with van der Waals surface area (Å²) in [6.45, 7) is 8.99. The molecule has 0 aromatic rings. The number of amides is 1. The Morgan fingerprint density at radius 2 is 1.94 bits per heavy atom. The Bertz CT molecular complexity index is 301. The first-order chi connectivity index (χ1) is 8.51. The molecule has 1 amide bonds. The van der Waals surface area contributed by atoms with E-state index in [4.69, 9.17) is 0 Å². The highest BCUT2D eigenvalue weighted by molar-refractivity contribution is 5.85. The highest BCUT2D eigenvalue weighted by atomic mass is 16.3. The fraction of sp³-hybridized carbons (Fsp3) is 0.923. The second-order valence-electron chi connectivity index (χ2n) is 5.84. The number of carbonyl (C=O) groups is 1. The molecule has 2 saturated heterocycles. The van der Waals surface area contributed by atoms with Crippen LogP contribution in [0.3, 0.4) is 0 Å². The molecule has 0 aliphatic carbocycles. The Morgan fingerprint density at radius 3 is 2.56 bits per heavy atom. The zero-order valence-corrected chi connectivity index (χ0v) is 11.5. The summed E-state index contributed by atoms with van der Waals surface area (Å²) < 4.78 is 0. The van der Waals surface area contributed by atoms with Crippen LogP contribution in [-0.2, 0) is 4.79 Å². The van der Waals surface area contributed by atoms with Crippen LogP contribution >= 0.6 is 0 Å². The third-order valence-electron chi connectivity index (χ3n) is 4.11. The number of nitrogens with zero attached hydrogens (tertiary/aromatic N) is 2. The fourth-order valence-corrected chi connectivity index (χ4v) is 2.89. The quantitative estimate of drug-likeness (QED) is 0.708. The number of likely N-dealkylation sites (tertiary alicyclic amines) is 1. The molecule has 1 unspecified atom stereocenters. The Balaban J connectivity index is 2.01. The van der Waals surface area contributed by atoms with Gasteiger partial charge in [0.05, 0.1) is 11.6 Å². The number of piperidine rings is 1. The van der Waals surface area contributed by atoms with Gasteiger partial charge in [-0.2, -0.15) is 0 Å². The van der Waals surface area contributed by atoms with E-state index in [0.29, 0.717) is 6.54 Å². The van der Waals surface area contributed by atoms with Gasteiger partial charge < -0.3 is 15.3 Å². The van der Waals surface area contributed by atoms with Crippen molar-refractivity contribution in [2.45, 2.75) is 38.3 Å². The number of rotatable bonds is 2. The first kappa shape index (κ1) is 13.8. The minimum atomic E-state index is -0.459. The van der Waals surface area contributed by atoms with E-state index in [1.807, 2.05) is 18.7 Å². The van der Waals surface area contributed by atoms with Gasteiger partial charge in [-0.05, 0) is 26.7 Å². The van der Waals surface area contributed by atoms with Gasteiger partial charge in [0.2, 0.25) is 5.91 Å². The van der Waals surface area contributed by atoms with E-state index >= 15 is 0 Å². The molecular weight excluding hydrogens is 230 g/mol. The van der Waals surface area contributed by atoms with Crippen molar-refractivity contribution >= 4 is 5.91 Å². The Kier molecular flexibility index (Phi) is 4.25. The molecule has 2 heterocycles. The van der Waals surface area contributed by atoms with Crippen LogP contribution in [-0.4, -0.2) is 71.7 Å². The van der Waals surface area contributed by atoms with Gasteiger partial charge >= 0.3 is 0 Å². The summed E-state index contributed by atoms with van der Waals surface area (Å²) in [6.07, 6.45) is 1.38. The van der Waals surface area contributed by atoms with Crippen LogP contribution in [0.1, 0.15) is 26.7 Å². The van der Waals surface area contributed by atoms with E-state index in [2.05, 4.69) is 10.2 Å². The van der Waals surface area contributed by atoms with Crippen LogP contribution < -0.4 is 5.32 Å². The van der Waals surface area contributed by atoms with Gasteiger partial charge in [-0.3, -0.25) is 9.69 Å². The second kappa shape index (κ2) is 5.55. The highest BCUT2D eigenvalue weighted by Gasteiger charge is 2.39. The number of aliphatic hydroxyl groups is 1. The molecule has 0 aromatic carbocycles.